The molecule has 3 aromatic carbocycles. The van der Waals surface area contributed by atoms with Gasteiger partial charge in [0.15, 0.2) is 11.6 Å². The molecule has 2 heterocycles. The van der Waals surface area contributed by atoms with Gasteiger partial charge in [0.05, 0.1) is 21.7 Å². The zero-order valence-electron chi connectivity index (χ0n) is 24.9. The number of halogens is 1. The second-order valence-electron chi connectivity index (χ2n) is 11.3. The maximum absolute atomic E-state index is 15.6. The lowest BCUT2D eigenvalue weighted by Gasteiger charge is -2.26. The molecule has 46 heavy (non-hydrogen) atoms. The number of para-hydroxylation sites is 1. The van der Waals surface area contributed by atoms with Crippen LogP contribution in [0.3, 0.4) is 0 Å². The van der Waals surface area contributed by atoms with Gasteiger partial charge in [-0.2, -0.15) is 0 Å². The van der Waals surface area contributed by atoms with E-state index in [9.17, 15) is 18.0 Å². The maximum Gasteiger partial charge on any atom is 0.247 e. The number of fused-ring (bicyclic) bond motifs is 1. The Morgan fingerprint density at radius 3 is 2.39 bits per heavy atom. The molecule has 0 atom stereocenters. The van der Waals surface area contributed by atoms with Crippen molar-refractivity contribution in [3.8, 4) is 21.9 Å². The fourth-order valence-electron chi connectivity index (χ4n) is 5.11. The van der Waals surface area contributed by atoms with Crippen LogP contribution in [0, 0.1) is 11.2 Å². The van der Waals surface area contributed by atoms with Crippen LogP contribution in [0.2, 0.25) is 0 Å². The van der Waals surface area contributed by atoms with Gasteiger partial charge >= 0.3 is 0 Å². The minimum Gasteiger partial charge on any atom is -0.453 e. The number of nitrogens with zero attached hydrogens (tertiary/aromatic N) is 2. The second kappa shape index (κ2) is 12.6. The van der Waals surface area contributed by atoms with E-state index in [1.165, 1.54) is 34.6 Å². The molecule has 0 spiro atoms. The second-order valence-corrected chi connectivity index (χ2v) is 14.6. The molecule has 0 aliphatic heterocycles. The molecule has 0 unspecified atom stereocenters. The number of benzene rings is 3. The lowest BCUT2D eigenvalue weighted by molar-refractivity contribution is -0.133. The molecule has 0 bridgehead atoms. The summed E-state index contributed by atoms with van der Waals surface area (Å²) in [5.74, 6) is -1.38. The van der Waals surface area contributed by atoms with Crippen LogP contribution in [0.1, 0.15) is 18.4 Å². The summed E-state index contributed by atoms with van der Waals surface area (Å²) in [5, 5.41) is 3.14. The predicted octanol–water partition coefficient (Wildman–Crippen LogP) is 5.96. The Kier molecular flexibility index (Phi) is 8.60. The average Bonchev–Trinajstić information content (AvgIpc) is 3.74. The van der Waals surface area contributed by atoms with Gasteiger partial charge in [0.1, 0.15) is 21.0 Å². The molecule has 3 N–H and O–H groups in total. The first-order valence-corrected chi connectivity index (χ1v) is 17.4. The number of hydrogen-bond acceptors (Lipinski definition) is 8. The van der Waals surface area contributed by atoms with E-state index < -0.39 is 32.9 Å². The van der Waals surface area contributed by atoms with Gasteiger partial charge in [-0.15, -0.1) is 11.3 Å². The van der Waals surface area contributed by atoms with E-state index >= 15 is 4.39 Å². The summed E-state index contributed by atoms with van der Waals surface area (Å²) >= 11 is 1.46. The van der Waals surface area contributed by atoms with Crippen LogP contribution < -0.4 is 20.7 Å². The third-order valence-electron chi connectivity index (χ3n) is 7.84. The number of amides is 2. The topological polar surface area (TPSA) is 132 Å². The zero-order valence-corrected chi connectivity index (χ0v) is 26.5. The number of nitrogens with two attached hydrogens (primary N) is 1. The van der Waals surface area contributed by atoms with Crippen LogP contribution in [-0.2, 0) is 26.0 Å². The third kappa shape index (κ3) is 6.64. The number of pyridine rings is 1. The Morgan fingerprint density at radius 1 is 1.00 bits per heavy atom. The molecule has 12 heteroatoms. The van der Waals surface area contributed by atoms with Crippen molar-refractivity contribution in [1.82, 2.24) is 10.3 Å². The van der Waals surface area contributed by atoms with Crippen molar-refractivity contribution in [2.45, 2.75) is 19.4 Å². The third-order valence-corrected chi connectivity index (χ3v) is 9.97. The van der Waals surface area contributed by atoms with Crippen molar-refractivity contribution < 1.29 is 27.1 Å². The number of nitrogens with one attached hydrogen (secondary N) is 1. The summed E-state index contributed by atoms with van der Waals surface area (Å²) in [6.45, 7) is 0.934. The van der Waals surface area contributed by atoms with Crippen molar-refractivity contribution in [2.75, 3.05) is 23.5 Å². The largest absolute Gasteiger partial charge is 0.453 e. The van der Waals surface area contributed by atoms with Gasteiger partial charge in [-0.25, -0.2) is 12.8 Å². The number of anilines is 2. The summed E-state index contributed by atoms with van der Waals surface area (Å²) < 4.78 is 45.1. The van der Waals surface area contributed by atoms with Crippen LogP contribution >= 0.6 is 11.3 Å². The number of ether oxygens (including phenoxy) is 1. The van der Waals surface area contributed by atoms with Gasteiger partial charge in [-0.1, -0.05) is 42.5 Å². The van der Waals surface area contributed by atoms with Crippen LogP contribution in [0.25, 0.3) is 20.7 Å². The molecule has 0 saturated heterocycles. The van der Waals surface area contributed by atoms with Gasteiger partial charge in [0.25, 0.3) is 0 Å². The van der Waals surface area contributed by atoms with E-state index in [1.54, 1.807) is 48.7 Å². The minimum atomic E-state index is -3.01. The van der Waals surface area contributed by atoms with Gasteiger partial charge < -0.3 is 15.8 Å². The lowest BCUT2D eigenvalue weighted by atomic mass is 10.0. The molecular weight excluding hydrogens is 628 g/mol. The average molecular weight is 659 g/mol. The Hall–Kier alpha value is -4.65. The Balaban J connectivity index is 1.22. The van der Waals surface area contributed by atoms with Gasteiger partial charge in [-0.05, 0) is 54.3 Å². The molecule has 1 fully saturated rings. The number of sulfone groups is 1. The molecule has 0 radical (unpaired) electrons. The highest BCUT2D eigenvalue weighted by molar-refractivity contribution is 7.90. The van der Waals surface area contributed by atoms with Crippen LogP contribution in [0.4, 0.5) is 15.8 Å². The van der Waals surface area contributed by atoms with E-state index in [-0.39, 0.29) is 17.2 Å². The number of carbonyl (C=O) groups is 2. The summed E-state index contributed by atoms with van der Waals surface area (Å²) in [6.07, 6.45) is 3.52. The normalized spacial score (nSPS) is 13.8. The molecule has 1 aliphatic rings. The van der Waals surface area contributed by atoms with Crippen LogP contribution in [0.5, 0.6) is 11.5 Å². The summed E-state index contributed by atoms with van der Waals surface area (Å²) in [7, 11) is -3.01. The zero-order chi connectivity index (χ0) is 32.5. The standard InChI is InChI=1S/C34H31FN4O5S2/c1-46(42,43)18-17-37-21-22-7-9-23(10-8-22)30-20-27-31(45-30)29(13-16-38-27)44-28-12-11-25(19-26(28)35)39(24-5-3-2-4-6-24)33(41)34(14-15-34)32(36)40/h2-13,16,19-20,37H,14-15,17-18,21H2,1H3,(H2,36,40). The van der Waals surface area contributed by atoms with E-state index in [2.05, 4.69) is 10.3 Å². The smallest absolute Gasteiger partial charge is 0.247 e. The van der Waals surface area contributed by atoms with Gasteiger partial charge in [0.2, 0.25) is 11.8 Å². The number of primary amides is 1. The quantitative estimate of drug-likeness (QED) is 0.125. The monoisotopic (exact) mass is 658 g/mol. The summed E-state index contributed by atoms with van der Waals surface area (Å²) in [5.41, 5.74) is 7.73. The molecule has 2 amide bonds. The van der Waals surface area contributed by atoms with Crippen molar-refractivity contribution in [3.05, 3.63) is 103 Å². The van der Waals surface area contributed by atoms with Crippen molar-refractivity contribution in [3.63, 3.8) is 0 Å². The first kappa shape index (κ1) is 31.3. The van der Waals surface area contributed by atoms with E-state index in [0.29, 0.717) is 42.9 Å². The number of carbonyl (C=O) groups excluding carboxylic acids is 2. The number of hydrogen-bond donors (Lipinski definition) is 2. The maximum atomic E-state index is 15.6. The van der Waals surface area contributed by atoms with Crippen molar-refractivity contribution >= 4 is 54.6 Å². The van der Waals surface area contributed by atoms with Crippen molar-refractivity contribution in [1.29, 1.82) is 0 Å². The lowest BCUT2D eigenvalue weighted by Crippen LogP contribution is -2.41. The first-order chi connectivity index (χ1) is 22.0. The molecule has 2 aromatic heterocycles. The van der Waals surface area contributed by atoms with Crippen LogP contribution in [0.15, 0.2) is 91.1 Å². The first-order valence-electron chi connectivity index (χ1n) is 14.6. The Labute approximate surface area is 269 Å². The van der Waals surface area contributed by atoms with E-state index in [4.69, 9.17) is 10.5 Å². The number of aromatic nitrogens is 1. The molecular formula is C34H31FN4O5S2. The molecule has 9 nitrogen and oxygen atoms in total. The molecule has 236 valence electrons. The Bertz CT molecular complexity index is 2030. The molecule has 1 saturated carbocycles. The highest BCUT2D eigenvalue weighted by atomic mass is 32.2. The number of rotatable bonds is 12. The van der Waals surface area contributed by atoms with E-state index in [0.717, 1.165) is 20.7 Å². The fraction of sp³-hybridized carbons (Fsp3) is 0.206. The minimum absolute atomic E-state index is 0.0320. The van der Waals surface area contributed by atoms with Gasteiger partial charge in [0, 0.05) is 48.2 Å². The number of thiophene rings is 1. The predicted molar refractivity (Wildman–Crippen MR) is 177 cm³/mol. The fourth-order valence-corrected chi connectivity index (χ4v) is 6.70. The summed E-state index contributed by atoms with van der Waals surface area (Å²) in [4.78, 5) is 32.5. The highest BCUT2D eigenvalue weighted by Gasteiger charge is 2.57. The SMILES string of the molecule is CS(=O)(=O)CCNCc1ccc(-c2cc3nccc(Oc4ccc(N(C(=O)C5(C(N)=O)CC5)c5ccccc5)cc4F)c3s2)cc1. The molecule has 5 aromatic rings. The van der Waals surface area contributed by atoms with E-state index in [1.807, 2.05) is 30.3 Å². The summed E-state index contributed by atoms with van der Waals surface area (Å²) in [6, 6.07) is 24.5. The Morgan fingerprint density at radius 2 is 1.74 bits per heavy atom. The molecule has 1 aliphatic carbocycles. The van der Waals surface area contributed by atoms with Crippen molar-refractivity contribution in [2.24, 2.45) is 11.1 Å². The van der Waals surface area contributed by atoms with Crippen LogP contribution in [-0.4, -0.2) is 43.8 Å². The highest BCUT2D eigenvalue weighted by Crippen LogP contribution is 2.49. The molecule has 6 rings (SSSR count). The van der Waals surface area contributed by atoms with Gasteiger partial charge in [-0.3, -0.25) is 19.5 Å².